The van der Waals surface area contributed by atoms with Gasteiger partial charge in [0.05, 0.1) is 18.8 Å². The van der Waals surface area contributed by atoms with E-state index in [-0.39, 0.29) is 12.1 Å². The van der Waals surface area contributed by atoms with Crippen LogP contribution in [0.5, 0.6) is 11.5 Å². The van der Waals surface area contributed by atoms with E-state index in [0.717, 1.165) is 23.6 Å². The number of anilines is 1. The lowest BCUT2D eigenvalue weighted by molar-refractivity contribution is 0.167. The topological polar surface area (TPSA) is 56.5 Å². The summed E-state index contributed by atoms with van der Waals surface area (Å²) in [6.07, 6.45) is 1.01. The third kappa shape index (κ3) is 2.07. The molecule has 88 valence electrons. The van der Waals surface area contributed by atoms with Crippen LogP contribution in [0.25, 0.3) is 0 Å². The van der Waals surface area contributed by atoms with Gasteiger partial charge in [-0.3, -0.25) is 0 Å². The van der Waals surface area contributed by atoms with Crippen LogP contribution < -0.4 is 20.5 Å². The maximum Gasteiger partial charge on any atom is 0.143 e. The summed E-state index contributed by atoms with van der Waals surface area (Å²) >= 11 is 0. The summed E-state index contributed by atoms with van der Waals surface area (Å²) < 4.78 is 11.1. The van der Waals surface area contributed by atoms with Crippen LogP contribution in [0, 0.1) is 0 Å². The summed E-state index contributed by atoms with van der Waals surface area (Å²) in [5.41, 5.74) is 6.55. The molecule has 4 nitrogen and oxygen atoms in total. The van der Waals surface area contributed by atoms with Gasteiger partial charge in [-0.15, -0.1) is 0 Å². The van der Waals surface area contributed by atoms with Crippen LogP contribution in [-0.2, 0) is 0 Å². The third-order valence-corrected chi connectivity index (χ3v) is 2.86. The number of rotatable bonds is 3. The molecule has 0 spiro atoms. The smallest absolute Gasteiger partial charge is 0.143 e. The van der Waals surface area contributed by atoms with Gasteiger partial charge in [0, 0.05) is 6.07 Å². The maximum atomic E-state index is 5.89. The average molecular weight is 222 g/mol. The van der Waals surface area contributed by atoms with E-state index in [1.807, 2.05) is 18.2 Å². The number of methoxy groups -OCH3 is 1. The van der Waals surface area contributed by atoms with E-state index in [0.29, 0.717) is 6.54 Å². The molecule has 2 rings (SSSR count). The standard InChI is InChI=1S/C12H18N2O2/c1-8-11(5-6-13)16-12-4-3-9(15-2)7-10(12)14-8/h3-4,7-8,11,14H,5-6,13H2,1-2H3. The Morgan fingerprint density at radius 1 is 1.50 bits per heavy atom. The zero-order valence-electron chi connectivity index (χ0n) is 9.69. The third-order valence-electron chi connectivity index (χ3n) is 2.86. The van der Waals surface area contributed by atoms with E-state index < -0.39 is 0 Å². The molecule has 16 heavy (non-hydrogen) atoms. The van der Waals surface area contributed by atoms with Crippen LogP contribution in [-0.4, -0.2) is 25.8 Å². The molecule has 1 aromatic carbocycles. The molecule has 1 heterocycles. The normalized spacial score (nSPS) is 22.9. The zero-order valence-corrected chi connectivity index (χ0v) is 9.69. The zero-order chi connectivity index (χ0) is 11.5. The highest BCUT2D eigenvalue weighted by Gasteiger charge is 2.25. The minimum Gasteiger partial charge on any atom is -0.497 e. The van der Waals surface area contributed by atoms with Crippen LogP contribution in [0.3, 0.4) is 0 Å². The van der Waals surface area contributed by atoms with Gasteiger partial charge in [0.15, 0.2) is 0 Å². The molecule has 1 aliphatic rings. The van der Waals surface area contributed by atoms with Crippen molar-refractivity contribution in [3.8, 4) is 11.5 Å². The summed E-state index contributed by atoms with van der Waals surface area (Å²) in [6.45, 7) is 2.74. The van der Waals surface area contributed by atoms with Crippen molar-refractivity contribution in [3.63, 3.8) is 0 Å². The van der Waals surface area contributed by atoms with Crippen molar-refractivity contribution in [2.45, 2.75) is 25.5 Å². The van der Waals surface area contributed by atoms with Gasteiger partial charge >= 0.3 is 0 Å². The van der Waals surface area contributed by atoms with Crippen LogP contribution in [0.4, 0.5) is 5.69 Å². The molecule has 0 radical (unpaired) electrons. The van der Waals surface area contributed by atoms with Gasteiger partial charge in [0.25, 0.3) is 0 Å². The van der Waals surface area contributed by atoms with E-state index in [2.05, 4.69) is 12.2 Å². The SMILES string of the molecule is COc1ccc2c(c1)NC(C)C(CCN)O2. The van der Waals surface area contributed by atoms with E-state index in [9.17, 15) is 0 Å². The Labute approximate surface area is 95.7 Å². The lowest BCUT2D eigenvalue weighted by atomic mass is 10.1. The second-order valence-corrected chi connectivity index (χ2v) is 4.03. The summed E-state index contributed by atoms with van der Waals surface area (Å²) in [5, 5.41) is 3.41. The fourth-order valence-corrected chi connectivity index (χ4v) is 1.93. The molecule has 0 bridgehead atoms. The summed E-state index contributed by atoms with van der Waals surface area (Å²) in [5.74, 6) is 1.71. The predicted octanol–water partition coefficient (Wildman–Crippen LogP) is 1.61. The van der Waals surface area contributed by atoms with E-state index in [1.54, 1.807) is 7.11 Å². The quantitative estimate of drug-likeness (QED) is 0.815. The van der Waals surface area contributed by atoms with Gasteiger partial charge in [0.1, 0.15) is 17.6 Å². The lowest BCUT2D eigenvalue weighted by Gasteiger charge is -2.33. The van der Waals surface area contributed by atoms with Gasteiger partial charge in [0.2, 0.25) is 0 Å². The van der Waals surface area contributed by atoms with Crippen LogP contribution in [0.2, 0.25) is 0 Å². The van der Waals surface area contributed by atoms with Crippen molar-refractivity contribution in [2.75, 3.05) is 19.0 Å². The number of nitrogens with two attached hydrogens (primary N) is 1. The number of fused-ring (bicyclic) bond motifs is 1. The summed E-state index contributed by atoms with van der Waals surface area (Å²) in [6, 6.07) is 6.04. The first-order valence-corrected chi connectivity index (χ1v) is 5.56. The molecule has 0 saturated carbocycles. The monoisotopic (exact) mass is 222 g/mol. The molecular weight excluding hydrogens is 204 g/mol. The maximum absolute atomic E-state index is 5.89. The van der Waals surface area contributed by atoms with Crippen molar-refractivity contribution in [3.05, 3.63) is 18.2 Å². The molecule has 0 aromatic heterocycles. The molecule has 1 aliphatic heterocycles. The van der Waals surface area contributed by atoms with Gasteiger partial charge in [-0.05, 0) is 32.0 Å². The Kier molecular flexibility index (Phi) is 3.19. The molecule has 3 N–H and O–H groups in total. The summed E-state index contributed by atoms with van der Waals surface area (Å²) in [4.78, 5) is 0. The molecule has 0 aliphatic carbocycles. The van der Waals surface area contributed by atoms with Gasteiger partial charge in [-0.25, -0.2) is 0 Å². The average Bonchev–Trinajstić information content (AvgIpc) is 2.30. The van der Waals surface area contributed by atoms with Gasteiger partial charge in [-0.2, -0.15) is 0 Å². The first-order valence-electron chi connectivity index (χ1n) is 5.56. The highest BCUT2D eigenvalue weighted by molar-refractivity contribution is 5.61. The van der Waals surface area contributed by atoms with Gasteiger partial charge in [-0.1, -0.05) is 0 Å². The van der Waals surface area contributed by atoms with Crippen molar-refractivity contribution in [1.29, 1.82) is 0 Å². The Morgan fingerprint density at radius 3 is 3.00 bits per heavy atom. The minimum atomic E-state index is 0.144. The number of nitrogens with one attached hydrogen (secondary N) is 1. The molecular formula is C12H18N2O2. The Morgan fingerprint density at radius 2 is 2.31 bits per heavy atom. The Hall–Kier alpha value is -1.42. The fraction of sp³-hybridized carbons (Fsp3) is 0.500. The van der Waals surface area contributed by atoms with E-state index in [1.165, 1.54) is 0 Å². The van der Waals surface area contributed by atoms with Crippen molar-refractivity contribution < 1.29 is 9.47 Å². The highest BCUT2D eigenvalue weighted by atomic mass is 16.5. The van der Waals surface area contributed by atoms with Crippen LogP contribution in [0.1, 0.15) is 13.3 Å². The highest BCUT2D eigenvalue weighted by Crippen LogP contribution is 2.34. The number of hydrogen-bond donors (Lipinski definition) is 2. The van der Waals surface area contributed by atoms with Crippen molar-refractivity contribution in [2.24, 2.45) is 5.73 Å². The fourth-order valence-electron chi connectivity index (χ4n) is 1.93. The molecule has 4 heteroatoms. The van der Waals surface area contributed by atoms with Crippen LogP contribution in [0.15, 0.2) is 18.2 Å². The number of ether oxygens (including phenoxy) is 2. The second kappa shape index (κ2) is 4.61. The predicted molar refractivity (Wildman–Crippen MR) is 64.2 cm³/mol. The van der Waals surface area contributed by atoms with Crippen molar-refractivity contribution >= 4 is 5.69 Å². The van der Waals surface area contributed by atoms with Gasteiger partial charge < -0.3 is 20.5 Å². The Bertz CT molecular complexity index is 368. The van der Waals surface area contributed by atoms with E-state index in [4.69, 9.17) is 15.2 Å². The molecule has 0 fully saturated rings. The minimum absolute atomic E-state index is 0.144. The van der Waals surface area contributed by atoms with E-state index >= 15 is 0 Å². The largest absolute Gasteiger partial charge is 0.497 e. The van der Waals surface area contributed by atoms with Crippen molar-refractivity contribution in [1.82, 2.24) is 0 Å². The molecule has 0 saturated heterocycles. The first-order chi connectivity index (χ1) is 7.74. The first kappa shape index (κ1) is 11.1. The second-order valence-electron chi connectivity index (χ2n) is 4.03. The Balaban J connectivity index is 2.20. The molecule has 2 atom stereocenters. The summed E-state index contributed by atoms with van der Waals surface area (Å²) in [7, 11) is 1.66. The number of benzene rings is 1. The van der Waals surface area contributed by atoms with Crippen LogP contribution >= 0.6 is 0 Å². The molecule has 1 aromatic rings. The molecule has 2 unspecified atom stereocenters. The lowest BCUT2D eigenvalue weighted by Crippen LogP contribution is -2.40. The number of hydrogen-bond acceptors (Lipinski definition) is 4. The molecule has 0 amide bonds.